The third kappa shape index (κ3) is 3.91. The Morgan fingerprint density at radius 3 is 2.32 bits per heavy atom. The average Bonchev–Trinajstić information content (AvgIpc) is 2.63. The monoisotopic (exact) mass is 375 g/mol. The van der Waals surface area contributed by atoms with E-state index in [2.05, 4.69) is 5.32 Å². The normalized spacial score (nSPS) is 15.4. The Hall–Kier alpha value is -3.92. The molecular formula is C21H17N3O4. The topological polar surface area (TPSA) is 99.5 Å². The summed E-state index contributed by atoms with van der Waals surface area (Å²) >= 11 is 0. The number of amides is 4. The largest absolute Gasteiger partial charge is 0.479 e. The Balaban J connectivity index is 1.93. The number of nitriles is 1. The fourth-order valence-electron chi connectivity index (χ4n) is 2.91. The van der Waals surface area contributed by atoms with Crippen molar-refractivity contribution >= 4 is 29.6 Å². The van der Waals surface area contributed by atoms with Crippen LogP contribution in [-0.4, -0.2) is 24.5 Å². The van der Waals surface area contributed by atoms with Crippen molar-refractivity contribution in [2.45, 2.75) is 13.8 Å². The maximum absolute atomic E-state index is 12.9. The van der Waals surface area contributed by atoms with Crippen molar-refractivity contribution in [1.29, 1.82) is 5.26 Å². The summed E-state index contributed by atoms with van der Waals surface area (Å²) in [6.45, 7) is 3.65. The fraction of sp³-hybridized carbons (Fsp3) is 0.143. The minimum Gasteiger partial charge on any atom is -0.479 e. The van der Waals surface area contributed by atoms with Gasteiger partial charge in [-0.2, -0.15) is 5.26 Å². The van der Waals surface area contributed by atoms with Gasteiger partial charge in [0.05, 0.1) is 5.69 Å². The van der Waals surface area contributed by atoms with Gasteiger partial charge in [0.25, 0.3) is 11.8 Å². The number of barbiturate groups is 1. The van der Waals surface area contributed by atoms with E-state index in [9.17, 15) is 14.4 Å². The number of carbonyl (C=O) groups is 3. The molecule has 28 heavy (non-hydrogen) atoms. The van der Waals surface area contributed by atoms with Crippen molar-refractivity contribution in [2.75, 3.05) is 11.5 Å². The molecule has 2 aromatic carbocycles. The number of ether oxygens (including phenoxy) is 1. The molecule has 0 bridgehead atoms. The van der Waals surface area contributed by atoms with Crippen LogP contribution >= 0.6 is 0 Å². The van der Waals surface area contributed by atoms with E-state index in [0.717, 1.165) is 16.0 Å². The van der Waals surface area contributed by atoms with Crippen LogP contribution in [0.25, 0.3) is 6.08 Å². The summed E-state index contributed by atoms with van der Waals surface area (Å²) in [5, 5.41) is 10.7. The minimum atomic E-state index is -0.780. The lowest BCUT2D eigenvalue weighted by molar-refractivity contribution is -0.122. The van der Waals surface area contributed by atoms with Crippen molar-refractivity contribution in [3.05, 3.63) is 64.7 Å². The van der Waals surface area contributed by atoms with Gasteiger partial charge in [0.2, 0.25) is 0 Å². The second-order valence-electron chi connectivity index (χ2n) is 6.32. The van der Waals surface area contributed by atoms with E-state index in [-0.39, 0.29) is 12.2 Å². The number of nitrogens with one attached hydrogen (secondary N) is 1. The van der Waals surface area contributed by atoms with Crippen molar-refractivity contribution in [3.63, 3.8) is 0 Å². The summed E-state index contributed by atoms with van der Waals surface area (Å²) in [5.74, 6) is -0.945. The Labute approximate surface area is 161 Å². The van der Waals surface area contributed by atoms with Gasteiger partial charge in [-0.1, -0.05) is 18.2 Å². The highest BCUT2D eigenvalue weighted by Crippen LogP contribution is 2.24. The lowest BCUT2D eigenvalue weighted by Crippen LogP contribution is -2.54. The Bertz CT molecular complexity index is 1010. The Kier molecular flexibility index (Phi) is 5.23. The first-order chi connectivity index (χ1) is 13.4. The highest BCUT2D eigenvalue weighted by Gasteiger charge is 2.36. The second kappa shape index (κ2) is 7.76. The molecule has 7 heteroatoms. The van der Waals surface area contributed by atoms with Gasteiger partial charge in [0, 0.05) is 0 Å². The Morgan fingerprint density at radius 1 is 1.07 bits per heavy atom. The molecule has 1 saturated heterocycles. The lowest BCUT2D eigenvalue weighted by Gasteiger charge is -2.27. The summed E-state index contributed by atoms with van der Waals surface area (Å²) in [5.41, 5.74) is 2.62. The summed E-state index contributed by atoms with van der Waals surface area (Å²) in [7, 11) is 0. The predicted octanol–water partition coefficient (Wildman–Crippen LogP) is 2.87. The smallest absolute Gasteiger partial charge is 0.335 e. The van der Waals surface area contributed by atoms with E-state index in [1.807, 2.05) is 26.0 Å². The lowest BCUT2D eigenvalue weighted by atomic mass is 10.1. The number of hydrogen-bond acceptors (Lipinski definition) is 5. The maximum Gasteiger partial charge on any atom is 0.335 e. The van der Waals surface area contributed by atoms with Gasteiger partial charge < -0.3 is 4.74 Å². The first-order valence-corrected chi connectivity index (χ1v) is 8.48. The molecule has 0 radical (unpaired) electrons. The molecule has 140 valence electrons. The van der Waals surface area contributed by atoms with Crippen LogP contribution in [0.3, 0.4) is 0 Å². The quantitative estimate of drug-likeness (QED) is 0.654. The number of nitrogens with zero attached hydrogens (tertiary/aromatic N) is 2. The summed E-state index contributed by atoms with van der Waals surface area (Å²) < 4.78 is 5.17. The summed E-state index contributed by atoms with van der Waals surface area (Å²) in [6, 6.07) is 13.0. The molecule has 1 aliphatic heterocycles. The molecule has 0 saturated carbocycles. The number of imide groups is 2. The van der Waals surface area contributed by atoms with E-state index in [1.54, 1.807) is 36.4 Å². The van der Waals surface area contributed by atoms with E-state index in [4.69, 9.17) is 10.00 Å². The van der Waals surface area contributed by atoms with Crippen LogP contribution in [0, 0.1) is 25.2 Å². The first-order valence-electron chi connectivity index (χ1n) is 8.48. The number of benzene rings is 2. The van der Waals surface area contributed by atoms with Crippen molar-refractivity contribution in [2.24, 2.45) is 0 Å². The highest BCUT2D eigenvalue weighted by atomic mass is 16.5. The van der Waals surface area contributed by atoms with Crippen molar-refractivity contribution < 1.29 is 19.1 Å². The van der Waals surface area contributed by atoms with Crippen LogP contribution in [0.5, 0.6) is 5.75 Å². The first kappa shape index (κ1) is 18.9. The molecule has 1 aliphatic rings. The molecule has 0 spiro atoms. The van der Waals surface area contributed by atoms with Gasteiger partial charge in [-0.3, -0.25) is 14.9 Å². The molecule has 0 aliphatic carbocycles. The number of carbonyl (C=O) groups excluding carboxylic acids is 3. The third-order valence-corrected chi connectivity index (χ3v) is 4.06. The molecule has 0 unspecified atom stereocenters. The van der Waals surface area contributed by atoms with E-state index in [0.29, 0.717) is 17.0 Å². The summed E-state index contributed by atoms with van der Waals surface area (Å²) in [6.07, 6.45) is 1.41. The molecule has 3 rings (SSSR count). The van der Waals surface area contributed by atoms with Crippen molar-refractivity contribution in [3.8, 4) is 11.8 Å². The molecule has 7 nitrogen and oxygen atoms in total. The second-order valence-corrected chi connectivity index (χ2v) is 6.32. The van der Waals surface area contributed by atoms with Gasteiger partial charge in [0.15, 0.2) is 6.61 Å². The molecule has 2 aromatic rings. The van der Waals surface area contributed by atoms with Gasteiger partial charge in [-0.15, -0.1) is 0 Å². The number of aryl methyl sites for hydroxylation is 2. The molecule has 0 aromatic heterocycles. The van der Waals surface area contributed by atoms with Gasteiger partial charge >= 0.3 is 6.03 Å². The van der Waals surface area contributed by atoms with Crippen molar-refractivity contribution in [1.82, 2.24) is 5.32 Å². The zero-order valence-electron chi connectivity index (χ0n) is 15.4. The molecule has 1 N–H and O–H groups in total. The molecule has 1 heterocycles. The van der Waals surface area contributed by atoms with Crippen LogP contribution < -0.4 is 15.0 Å². The number of urea groups is 1. The van der Waals surface area contributed by atoms with E-state index in [1.165, 1.54) is 6.08 Å². The van der Waals surface area contributed by atoms with E-state index >= 15 is 0 Å². The molecule has 1 fully saturated rings. The van der Waals surface area contributed by atoms with E-state index < -0.39 is 17.8 Å². The Morgan fingerprint density at radius 2 is 1.71 bits per heavy atom. The predicted molar refractivity (Wildman–Crippen MR) is 102 cm³/mol. The standard InChI is InChI=1S/C21H17N3O4/c1-13-9-14(2)11-16(10-13)24-20(26)18(19(25)23-21(24)27)12-15-3-5-17(6-4-15)28-8-7-22/h3-6,9-12H,8H2,1-2H3,(H,23,25,27). The fourth-order valence-corrected chi connectivity index (χ4v) is 2.91. The van der Waals surface area contributed by atoms with Gasteiger partial charge in [-0.05, 0) is 60.9 Å². The van der Waals surface area contributed by atoms with Crippen LogP contribution in [0.15, 0.2) is 48.0 Å². The zero-order valence-corrected chi connectivity index (χ0v) is 15.4. The minimum absolute atomic E-state index is 0.0751. The number of rotatable bonds is 4. The van der Waals surface area contributed by atoms with Gasteiger partial charge in [-0.25, -0.2) is 9.69 Å². The average molecular weight is 375 g/mol. The van der Waals surface area contributed by atoms with Crippen LogP contribution in [0.2, 0.25) is 0 Å². The number of hydrogen-bond donors (Lipinski definition) is 1. The van der Waals surface area contributed by atoms with Gasteiger partial charge in [0.1, 0.15) is 17.4 Å². The van der Waals surface area contributed by atoms with Crippen LogP contribution in [0.4, 0.5) is 10.5 Å². The molecule has 0 atom stereocenters. The number of anilines is 1. The van der Waals surface area contributed by atoms with Crippen LogP contribution in [0.1, 0.15) is 16.7 Å². The summed E-state index contributed by atoms with van der Waals surface area (Å²) in [4.78, 5) is 38.4. The SMILES string of the molecule is Cc1cc(C)cc(N2C(=O)NC(=O)C(=Cc3ccc(OCC#N)cc3)C2=O)c1. The highest BCUT2D eigenvalue weighted by molar-refractivity contribution is 6.39. The third-order valence-electron chi connectivity index (χ3n) is 4.06. The zero-order chi connectivity index (χ0) is 20.3. The molecule has 4 amide bonds. The molecular weight excluding hydrogens is 358 g/mol. The maximum atomic E-state index is 12.9. The van der Waals surface area contributed by atoms with Crippen LogP contribution in [-0.2, 0) is 9.59 Å².